The highest BCUT2D eigenvalue weighted by Crippen LogP contribution is 1.99. The molecule has 0 saturated carbocycles. The van der Waals surface area contributed by atoms with Gasteiger partial charge in [-0.1, -0.05) is 34.1 Å². The third-order valence-corrected chi connectivity index (χ3v) is 1.37. The van der Waals surface area contributed by atoms with Gasteiger partial charge >= 0.3 is 0 Å². The summed E-state index contributed by atoms with van der Waals surface area (Å²) < 4.78 is 0. The van der Waals surface area contributed by atoms with Crippen LogP contribution >= 0.6 is 0 Å². The van der Waals surface area contributed by atoms with Crippen molar-refractivity contribution in [1.82, 2.24) is 4.90 Å². The van der Waals surface area contributed by atoms with Crippen LogP contribution in [0.2, 0.25) is 0 Å². The summed E-state index contributed by atoms with van der Waals surface area (Å²) >= 11 is 0. The average Bonchev–Trinajstić information content (AvgIpc) is 1.91. The highest BCUT2D eigenvalue weighted by Gasteiger charge is 1.97. The Morgan fingerprint density at radius 1 is 1.20 bits per heavy atom. The van der Waals surface area contributed by atoms with Gasteiger partial charge in [-0.05, 0) is 20.0 Å². The lowest BCUT2D eigenvalue weighted by Gasteiger charge is -2.13. The predicted octanol–water partition coefficient (Wildman–Crippen LogP) is 2.62. The van der Waals surface area contributed by atoms with Gasteiger partial charge in [0.15, 0.2) is 0 Å². The monoisotopic (exact) mass is 145 g/mol. The summed E-state index contributed by atoms with van der Waals surface area (Å²) in [6.45, 7) is 9.73. The molecule has 0 aliphatic carbocycles. The van der Waals surface area contributed by atoms with Gasteiger partial charge < -0.3 is 4.90 Å². The zero-order valence-electron chi connectivity index (χ0n) is 8.44. The quantitative estimate of drug-likeness (QED) is 0.590. The predicted molar refractivity (Wildman–Crippen MR) is 49.4 cm³/mol. The molecule has 0 aromatic carbocycles. The maximum Gasteiger partial charge on any atom is 0.0000818 e. The molecule has 0 unspecified atom stereocenters. The summed E-state index contributed by atoms with van der Waals surface area (Å²) in [4.78, 5) is 2.23. The second kappa shape index (κ2) is 8.96. The van der Waals surface area contributed by atoms with E-state index in [4.69, 9.17) is 0 Å². The number of hydrogen-bond acceptors (Lipinski definition) is 1. The Kier molecular flexibility index (Phi) is 11.3. The minimum absolute atomic E-state index is 0.852. The highest BCUT2D eigenvalue weighted by molar-refractivity contribution is 4.51. The van der Waals surface area contributed by atoms with Crippen LogP contribution in [0.15, 0.2) is 0 Å². The van der Waals surface area contributed by atoms with E-state index in [1.54, 1.807) is 0 Å². The summed E-state index contributed by atoms with van der Waals surface area (Å²) in [6, 6.07) is 0. The van der Waals surface area contributed by atoms with E-state index in [1.807, 2.05) is 13.8 Å². The number of nitrogens with zero attached hydrogens (tertiary/aromatic N) is 1. The molecule has 10 heavy (non-hydrogen) atoms. The standard InChI is InChI=1S/C7H17N.C2H6/c1-5-7(2)6-8(3)4;1-2/h7H,5-6H2,1-4H3;1-2H3/t7-;/m0./s1. The smallest absolute Gasteiger partial charge is 0.0000818 e. The van der Waals surface area contributed by atoms with Crippen molar-refractivity contribution in [3.63, 3.8) is 0 Å². The molecule has 0 aliphatic heterocycles. The van der Waals surface area contributed by atoms with Crippen LogP contribution in [-0.4, -0.2) is 25.5 Å². The Bertz CT molecular complexity index is 50.7. The van der Waals surface area contributed by atoms with Crippen molar-refractivity contribution in [2.75, 3.05) is 20.6 Å². The van der Waals surface area contributed by atoms with Crippen molar-refractivity contribution < 1.29 is 0 Å². The summed E-state index contributed by atoms with van der Waals surface area (Å²) in [7, 11) is 4.23. The average molecular weight is 145 g/mol. The molecule has 64 valence electrons. The fourth-order valence-corrected chi connectivity index (χ4v) is 0.752. The van der Waals surface area contributed by atoms with Crippen LogP contribution in [-0.2, 0) is 0 Å². The van der Waals surface area contributed by atoms with Crippen molar-refractivity contribution in [3.8, 4) is 0 Å². The number of rotatable bonds is 3. The third-order valence-electron chi connectivity index (χ3n) is 1.37. The minimum Gasteiger partial charge on any atom is -0.309 e. The molecular formula is C9H23N. The molecule has 0 fully saturated rings. The lowest BCUT2D eigenvalue weighted by atomic mass is 10.1. The molecule has 0 rings (SSSR count). The normalized spacial score (nSPS) is 12.3. The van der Waals surface area contributed by atoms with Gasteiger partial charge in [0, 0.05) is 6.54 Å². The summed E-state index contributed by atoms with van der Waals surface area (Å²) in [6.07, 6.45) is 1.29. The van der Waals surface area contributed by atoms with Crippen LogP contribution in [0.1, 0.15) is 34.1 Å². The maximum absolute atomic E-state index is 2.28. The highest BCUT2D eigenvalue weighted by atomic mass is 15.0. The molecule has 0 aliphatic rings. The van der Waals surface area contributed by atoms with E-state index in [0.717, 1.165) is 5.92 Å². The van der Waals surface area contributed by atoms with Gasteiger partial charge in [0.2, 0.25) is 0 Å². The van der Waals surface area contributed by atoms with Crippen LogP contribution in [0.4, 0.5) is 0 Å². The molecule has 0 aromatic rings. The third kappa shape index (κ3) is 10.9. The van der Waals surface area contributed by atoms with Gasteiger partial charge in [-0.15, -0.1) is 0 Å². The maximum atomic E-state index is 2.28. The number of hydrogen-bond donors (Lipinski definition) is 0. The molecule has 0 heterocycles. The van der Waals surface area contributed by atoms with Crippen LogP contribution in [0.25, 0.3) is 0 Å². The van der Waals surface area contributed by atoms with Crippen LogP contribution in [0, 0.1) is 5.92 Å². The van der Waals surface area contributed by atoms with Gasteiger partial charge in [0.1, 0.15) is 0 Å². The van der Waals surface area contributed by atoms with Crippen molar-refractivity contribution in [2.24, 2.45) is 5.92 Å². The zero-order valence-corrected chi connectivity index (χ0v) is 8.44. The van der Waals surface area contributed by atoms with E-state index in [9.17, 15) is 0 Å². The minimum atomic E-state index is 0.852. The molecule has 0 N–H and O–H groups in total. The Balaban J connectivity index is 0. The first-order valence-electron chi connectivity index (χ1n) is 4.31. The zero-order chi connectivity index (χ0) is 8.57. The SMILES string of the molecule is CC.CC[C@H](C)CN(C)C. The molecule has 1 heteroatoms. The summed E-state index contributed by atoms with van der Waals surface area (Å²) in [5.41, 5.74) is 0. The fourth-order valence-electron chi connectivity index (χ4n) is 0.752. The second-order valence-corrected chi connectivity index (χ2v) is 2.78. The second-order valence-electron chi connectivity index (χ2n) is 2.78. The van der Waals surface area contributed by atoms with Crippen molar-refractivity contribution in [1.29, 1.82) is 0 Å². The Morgan fingerprint density at radius 2 is 1.60 bits per heavy atom. The van der Waals surface area contributed by atoms with Crippen LogP contribution in [0.5, 0.6) is 0 Å². The van der Waals surface area contributed by atoms with Gasteiger partial charge in [0.05, 0.1) is 0 Å². The summed E-state index contributed by atoms with van der Waals surface area (Å²) in [5.74, 6) is 0.852. The van der Waals surface area contributed by atoms with Crippen molar-refractivity contribution >= 4 is 0 Å². The molecule has 0 bridgehead atoms. The first kappa shape index (κ1) is 12.6. The summed E-state index contributed by atoms with van der Waals surface area (Å²) in [5, 5.41) is 0. The Morgan fingerprint density at radius 3 is 1.70 bits per heavy atom. The van der Waals surface area contributed by atoms with E-state index in [-0.39, 0.29) is 0 Å². The van der Waals surface area contributed by atoms with Crippen molar-refractivity contribution in [3.05, 3.63) is 0 Å². The van der Waals surface area contributed by atoms with Crippen molar-refractivity contribution in [2.45, 2.75) is 34.1 Å². The van der Waals surface area contributed by atoms with Gasteiger partial charge in [-0.2, -0.15) is 0 Å². The molecule has 0 aromatic heterocycles. The largest absolute Gasteiger partial charge is 0.309 e. The molecule has 1 nitrogen and oxygen atoms in total. The van der Waals surface area contributed by atoms with E-state index in [1.165, 1.54) is 13.0 Å². The van der Waals surface area contributed by atoms with E-state index < -0.39 is 0 Å². The molecule has 0 spiro atoms. The molecule has 1 atom stereocenters. The lowest BCUT2D eigenvalue weighted by molar-refractivity contribution is 0.334. The molecule has 0 radical (unpaired) electrons. The van der Waals surface area contributed by atoms with E-state index in [2.05, 4.69) is 32.8 Å². The molecular weight excluding hydrogens is 122 g/mol. The van der Waals surface area contributed by atoms with Gasteiger partial charge in [0.25, 0.3) is 0 Å². The molecule has 0 saturated heterocycles. The Labute approximate surface area is 66.4 Å². The van der Waals surface area contributed by atoms with Crippen LogP contribution in [0.3, 0.4) is 0 Å². The fraction of sp³-hybridized carbons (Fsp3) is 1.00. The van der Waals surface area contributed by atoms with E-state index in [0.29, 0.717) is 0 Å². The topological polar surface area (TPSA) is 3.24 Å². The van der Waals surface area contributed by atoms with Crippen LogP contribution < -0.4 is 0 Å². The van der Waals surface area contributed by atoms with Gasteiger partial charge in [-0.25, -0.2) is 0 Å². The Hall–Kier alpha value is -0.0400. The lowest BCUT2D eigenvalue weighted by Crippen LogP contribution is -2.18. The first-order valence-corrected chi connectivity index (χ1v) is 4.31. The first-order chi connectivity index (χ1) is 4.66. The van der Waals surface area contributed by atoms with Gasteiger partial charge in [-0.3, -0.25) is 0 Å². The van der Waals surface area contributed by atoms with E-state index >= 15 is 0 Å². The molecule has 0 amide bonds.